The molecule has 98 valence electrons. The van der Waals surface area contributed by atoms with Gasteiger partial charge in [0.2, 0.25) is 0 Å². The Bertz CT molecular complexity index is 459. The van der Waals surface area contributed by atoms with Crippen molar-refractivity contribution in [3.63, 3.8) is 0 Å². The Labute approximate surface area is 103 Å². The molecule has 0 spiro atoms. The third kappa shape index (κ3) is 3.09. The van der Waals surface area contributed by atoms with Crippen molar-refractivity contribution in [2.24, 2.45) is 0 Å². The molecule has 18 heavy (non-hydrogen) atoms. The number of non-ortho nitro benzene ring substituents is 1. The van der Waals surface area contributed by atoms with Crippen LogP contribution < -0.4 is 9.47 Å². The van der Waals surface area contributed by atoms with Crippen molar-refractivity contribution >= 4 is 11.7 Å². The third-order valence-electron chi connectivity index (χ3n) is 2.19. The number of esters is 1. The van der Waals surface area contributed by atoms with Crippen LogP contribution in [0.1, 0.15) is 6.92 Å². The summed E-state index contributed by atoms with van der Waals surface area (Å²) < 4.78 is 14.8. The fraction of sp³-hybridized carbons (Fsp3) is 0.364. The zero-order valence-electron chi connectivity index (χ0n) is 10.2. The summed E-state index contributed by atoms with van der Waals surface area (Å²) in [5.41, 5.74) is -0.150. The lowest BCUT2D eigenvalue weighted by atomic mass is 10.2. The van der Waals surface area contributed by atoms with Gasteiger partial charge in [-0.05, 0) is 13.0 Å². The van der Waals surface area contributed by atoms with E-state index in [1.54, 1.807) is 0 Å². The molecule has 0 unspecified atom stereocenters. The molecule has 0 heterocycles. The average Bonchev–Trinajstić information content (AvgIpc) is 2.37. The topological polar surface area (TPSA) is 87.9 Å². The molecule has 0 amide bonds. The lowest BCUT2D eigenvalue weighted by molar-refractivity contribution is -0.385. The molecule has 0 aliphatic rings. The van der Waals surface area contributed by atoms with Gasteiger partial charge >= 0.3 is 5.97 Å². The number of hydrogen-bond acceptors (Lipinski definition) is 6. The lowest BCUT2D eigenvalue weighted by Gasteiger charge is -2.14. The van der Waals surface area contributed by atoms with Crippen molar-refractivity contribution in [3.05, 3.63) is 28.3 Å². The molecule has 0 saturated heterocycles. The smallest absolute Gasteiger partial charge is 0.346 e. The number of carbonyl (C=O) groups is 1. The number of benzene rings is 1. The van der Waals surface area contributed by atoms with E-state index in [9.17, 15) is 14.9 Å². The summed E-state index contributed by atoms with van der Waals surface area (Å²) in [6.45, 7) is 1.48. The van der Waals surface area contributed by atoms with Crippen LogP contribution in [0.4, 0.5) is 5.69 Å². The van der Waals surface area contributed by atoms with Gasteiger partial charge in [0.15, 0.2) is 17.6 Å². The van der Waals surface area contributed by atoms with Crippen LogP contribution in [0.25, 0.3) is 0 Å². The van der Waals surface area contributed by atoms with E-state index in [2.05, 4.69) is 4.74 Å². The summed E-state index contributed by atoms with van der Waals surface area (Å²) in [4.78, 5) is 21.3. The van der Waals surface area contributed by atoms with Gasteiger partial charge in [-0.1, -0.05) is 0 Å². The number of methoxy groups -OCH3 is 2. The van der Waals surface area contributed by atoms with Gasteiger partial charge in [0.1, 0.15) is 0 Å². The van der Waals surface area contributed by atoms with E-state index in [1.165, 1.54) is 39.3 Å². The highest BCUT2D eigenvalue weighted by Crippen LogP contribution is 2.31. The Morgan fingerprint density at radius 2 is 2.00 bits per heavy atom. The number of hydrogen-bond donors (Lipinski definition) is 0. The molecular weight excluding hydrogens is 242 g/mol. The summed E-state index contributed by atoms with van der Waals surface area (Å²) in [5.74, 6) is -0.162. The van der Waals surface area contributed by atoms with Crippen molar-refractivity contribution in [1.29, 1.82) is 0 Å². The fourth-order valence-corrected chi connectivity index (χ4v) is 1.28. The second-order valence-corrected chi connectivity index (χ2v) is 3.38. The van der Waals surface area contributed by atoms with Crippen LogP contribution in [0.15, 0.2) is 18.2 Å². The summed E-state index contributed by atoms with van der Waals surface area (Å²) in [6.07, 6.45) is -0.883. The van der Waals surface area contributed by atoms with E-state index >= 15 is 0 Å². The van der Waals surface area contributed by atoms with Crippen LogP contribution in [-0.4, -0.2) is 31.2 Å². The van der Waals surface area contributed by atoms with Crippen LogP contribution in [-0.2, 0) is 9.53 Å². The van der Waals surface area contributed by atoms with Crippen LogP contribution in [0, 0.1) is 10.1 Å². The van der Waals surface area contributed by atoms with Crippen LogP contribution in [0.2, 0.25) is 0 Å². The van der Waals surface area contributed by atoms with Crippen molar-refractivity contribution < 1.29 is 23.9 Å². The molecule has 0 saturated carbocycles. The standard InChI is InChI=1S/C11H13NO6/c1-7(11(13)17-3)18-10-6-8(12(14)15)4-5-9(10)16-2/h4-7H,1-3H3/t7-/m0/s1. The van der Waals surface area contributed by atoms with Gasteiger partial charge in [-0.25, -0.2) is 4.79 Å². The SMILES string of the molecule is COC(=O)[C@H](C)Oc1cc([N+](=O)[O-])ccc1OC. The molecule has 7 nitrogen and oxygen atoms in total. The second-order valence-electron chi connectivity index (χ2n) is 3.38. The average molecular weight is 255 g/mol. The summed E-state index contributed by atoms with van der Waals surface area (Å²) >= 11 is 0. The van der Waals surface area contributed by atoms with Gasteiger partial charge in [0.05, 0.1) is 25.2 Å². The third-order valence-corrected chi connectivity index (χ3v) is 2.19. The molecule has 0 aliphatic heterocycles. The van der Waals surface area contributed by atoms with E-state index in [0.29, 0.717) is 5.75 Å². The molecular formula is C11H13NO6. The Hall–Kier alpha value is -2.31. The van der Waals surface area contributed by atoms with E-state index in [0.717, 1.165) is 0 Å². The molecule has 0 aromatic heterocycles. The highest BCUT2D eigenvalue weighted by Gasteiger charge is 2.19. The van der Waals surface area contributed by atoms with Gasteiger partial charge in [0, 0.05) is 6.07 Å². The first-order chi connectivity index (χ1) is 8.49. The summed E-state index contributed by atoms with van der Waals surface area (Å²) in [6, 6.07) is 3.88. The maximum atomic E-state index is 11.2. The number of nitro benzene ring substituents is 1. The first kappa shape index (κ1) is 13.8. The lowest BCUT2D eigenvalue weighted by Crippen LogP contribution is -2.25. The highest BCUT2D eigenvalue weighted by molar-refractivity contribution is 5.74. The van der Waals surface area contributed by atoms with Crippen molar-refractivity contribution in [1.82, 2.24) is 0 Å². The minimum absolute atomic E-state index is 0.115. The predicted octanol–water partition coefficient (Wildman–Crippen LogP) is 1.54. The normalized spacial score (nSPS) is 11.5. The first-order valence-corrected chi connectivity index (χ1v) is 5.06. The van der Waals surface area contributed by atoms with E-state index in [1.807, 2.05) is 0 Å². The van der Waals surface area contributed by atoms with Crippen LogP contribution >= 0.6 is 0 Å². The molecule has 1 rings (SSSR count). The number of nitro groups is 1. The molecule has 1 aromatic rings. The predicted molar refractivity (Wildman–Crippen MR) is 61.8 cm³/mol. The highest BCUT2D eigenvalue weighted by atomic mass is 16.6. The zero-order chi connectivity index (χ0) is 13.7. The van der Waals surface area contributed by atoms with Gasteiger partial charge < -0.3 is 14.2 Å². The minimum Gasteiger partial charge on any atom is -0.493 e. The van der Waals surface area contributed by atoms with Gasteiger partial charge in [0.25, 0.3) is 5.69 Å². The molecule has 0 bridgehead atoms. The van der Waals surface area contributed by atoms with E-state index in [4.69, 9.17) is 9.47 Å². The summed E-state index contributed by atoms with van der Waals surface area (Å²) in [7, 11) is 2.63. The summed E-state index contributed by atoms with van der Waals surface area (Å²) in [5, 5.41) is 10.6. The maximum Gasteiger partial charge on any atom is 0.346 e. The Morgan fingerprint density at radius 1 is 1.33 bits per heavy atom. The molecule has 0 fully saturated rings. The van der Waals surface area contributed by atoms with Gasteiger partial charge in [-0.2, -0.15) is 0 Å². The van der Waals surface area contributed by atoms with E-state index in [-0.39, 0.29) is 11.4 Å². The monoisotopic (exact) mass is 255 g/mol. The number of rotatable bonds is 5. The fourth-order valence-electron chi connectivity index (χ4n) is 1.28. The molecule has 0 radical (unpaired) electrons. The maximum absolute atomic E-state index is 11.2. The second kappa shape index (κ2) is 5.85. The van der Waals surface area contributed by atoms with Crippen molar-refractivity contribution in [2.45, 2.75) is 13.0 Å². The minimum atomic E-state index is -0.883. The van der Waals surface area contributed by atoms with Crippen molar-refractivity contribution in [2.75, 3.05) is 14.2 Å². The van der Waals surface area contributed by atoms with Gasteiger partial charge in [-0.15, -0.1) is 0 Å². The Morgan fingerprint density at radius 3 is 2.50 bits per heavy atom. The van der Waals surface area contributed by atoms with E-state index < -0.39 is 17.0 Å². The number of ether oxygens (including phenoxy) is 3. The largest absolute Gasteiger partial charge is 0.493 e. The molecule has 1 aromatic carbocycles. The molecule has 0 aliphatic carbocycles. The first-order valence-electron chi connectivity index (χ1n) is 5.06. The molecule has 0 N–H and O–H groups in total. The van der Waals surface area contributed by atoms with Crippen LogP contribution in [0.5, 0.6) is 11.5 Å². The Balaban J connectivity index is 3.01. The zero-order valence-corrected chi connectivity index (χ0v) is 10.2. The number of carbonyl (C=O) groups excluding carboxylic acids is 1. The quantitative estimate of drug-likeness (QED) is 0.450. The van der Waals surface area contributed by atoms with Gasteiger partial charge in [-0.3, -0.25) is 10.1 Å². The number of nitrogens with zero attached hydrogens (tertiary/aromatic N) is 1. The Kier molecular flexibility index (Phi) is 4.47. The van der Waals surface area contributed by atoms with Crippen molar-refractivity contribution in [3.8, 4) is 11.5 Å². The van der Waals surface area contributed by atoms with Crippen LogP contribution in [0.3, 0.4) is 0 Å². The molecule has 1 atom stereocenters. The molecule has 7 heteroatoms.